The number of para-hydroxylation sites is 3. The fraction of sp³-hybridized carbons (Fsp3) is 0.0833. The second-order valence-electron chi connectivity index (χ2n) is 13.3. The summed E-state index contributed by atoms with van der Waals surface area (Å²) in [7, 11) is 0. The first-order chi connectivity index (χ1) is 25.7. The molecule has 4 nitrogen and oxygen atoms in total. The van der Waals surface area contributed by atoms with Crippen LogP contribution in [0, 0.1) is 0 Å². The maximum Gasteiger partial charge on any atom is 0.0973 e. The minimum atomic E-state index is 0.871. The molecule has 9 rings (SSSR count). The van der Waals surface area contributed by atoms with E-state index in [4.69, 9.17) is 9.97 Å². The molecule has 0 unspecified atom stereocenters. The lowest BCUT2D eigenvalue weighted by molar-refractivity contribution is 1.13. The second-order valence-corrected chi connectivity index (χ2v) is 13.3. The minimum absolute atomic E-state index is 0.871. The highest BCUT2D eigenvalue weighted by molar-refractivity contribution is 6.09. The van der Waals surface area contributed by atoms with Crippen molar-refractivity contribution in [3.8, 4) is 28.2 Å². The Kier molecular flexibility index (Phi) is 8.05. The number of anilines is 3. The van der Waals surface area contributed by atoms with Crippen molar-refractivity contribution in [2.24, 2.45) is 0 Å². The van der Waals surface area contributed by atoms with Crippen LogP contribution in [0.4, 0.5) is 17.1 Å². The van der Waals surface area contributed by atoms with Gasteiger partial charge in [-0.15, -0.1) is 0 Å². The first-order valence-electron chi connectivity index (χ1n) is 18.1. The zero-order valence-electron chi connectivity index (χ0n) is 29.4. The van der Waals surface area contributed by atoms with E-state index in [0.29, 0.717) is 0 Å². The number of fused-ring (bicyclic) bond motifs is 4. The van der Waals surface area contributed by atoms with E-state index in [2.05, 4.69) is 151 Å². The predicted molar refractivity (Wildman–Crippen MR) is 218 cm³/mol. The first kappa shape index (κ1) is 31.5. The third-order valence-corrected chi connectivity index (χ3v) is 10.1. The maximum atomic E-state index is 5.13. The SMILES string of the molecule is CCc1ccc2c(c1)c1cc(CC)ccc1n2-c1ccc(N(c2ccccc2)c2ccc(-c3nc4ccccc4nc3-c3ccccc3)cc2)cc1. The highest BCUT2D eigenvalue weighted by Gasteiger charge is 2.18. The average Bonchev–Trinajstić information content (AvgIpc) is 3.54. The maximum absolute atomic E-state index is 5.13. The van der Waals surface area contributed by atoms with Gasteiger partial charge in [0.15, 0.2) is 0 Å². The summed E-state index contributed by atoms with van der Waals surface area (Å²) in [5.74, 6) is 0. The van der Waals surface area contributed by atoms with Gasteiger partial charge in [-0.25, -0.2) is 9.97 Å². The third kappa shape index (κ3) is 5.59. The van der Waals surface area contributed by atoms with E-state index in [9.17, 15) is 0 Å². The van der Waals surface area contributed by atoms with E-state index in [1.165, 1.54) is 32.9 Å². The molecule has 0 bridgehead atoms. The fourth-order valence-corrected chi connectivity index (χ4v) is 7.38. The number of hydrogen-bond acceptors (Lipinski definition) is 3. The molecular formula is C48H38N4. The molecule has 0 radical (unpaired) electrons. The van der Waals surface area contributed by atoms with Gasteiger partial charge in [-0.3, -0.25) is 0 Å². The van der Waals surface area contributed by atoms with E-state index in [1.807, 2.05) is 42.5 Å². The zero-order valence-corrected chi connectivity index (χ0v) is 29.4. The Labute approximate surface area is 304 Å². The number of rotatable bonds is 8. The van der Waals surface area contributed by atoms with Gasteiger partial charge in [-0.1, -0.05) is 98.8 Å². The molecule has 4 heteroatoms. The van der Waals surface area contributed by atoms with E-state index < -0.39 is 0 Å². The van der Waals surface area contributed by atoms with Crippen molar-refractivity contribution in [2.75, 3.05) is 4.90 Å². The van der Waals surface area contributed by atoms with Gasteiger partial charge in [0, 0.05) is 44.6 Å². The van der Waals surface area contributed by atoms with Gasteiger partial charge in [0.25, 0.3) is 0 Å². The van der Waals surface area contributed by atoms with Crippen molar-refractivity contribution in [2.45, 2.75) is 26.7 Å². The lowest BCUT2D eigenvalue weighted by Crippen LogP contribution is -2.10. The molecular weight excluding hydrogens is 633 g/mol. The molecule has 0 fully saturated rings. The smallest absolute Gasteiger partial charge is 0.0973 e. The third-order valence-electron chi connectivity index (χ3n) is 10.1. The Morgan fingerprint density at radius 1 is 0.442 bits per heavy atom. The van der Waals surface area contributed by atoms with Crippen molar-refractivity contribution in [3.63, 3.8) is 0 Å². The van der Waals surface area contributed by atoms with Crippen molar-refractivity contribution < 1.29 is 0 Å². The Bertz CT molecular complexity index is 2620. The summed E-state index contributed by atoms with van der Waals surface area (Å²) in [4.78, 5) is 12.5. The lowest BCUT2D eigenvalue weighted by atomic mass is 10.0. The molecule has 0 aliphatic rings. The van der Waals surface area contributed by atoms with Gasteiger partial charge in [-0.05, 0) is 109 Å². The zero-order chi connectivity index (χ0) is 35.0. The van der Waals surface area contributed by atoms with Gasteiger partial charge >= 0.3 is 0 Å². The van der Waals surface area contributed by atoms with Crippen LogP contribution in [0.1, 0.15) is 25.0 Å². The molecule has 0 aliphatic heterocycles. The molecule has 2 heterocycles. The van der Waals surface area contributed by atoms with Crippen LogP contribution >= 0.6 is 0 Å². The lowest BCUT2D eigenvalue weighted by Gasteiger charge is -2.26. The largest absolute Gasteiger partial charge is 0.311 e. The Morgan fingerprint density at radius 3 is 1.40 bits per heavy atom. The molecule has 0 spiro atoms. The van der Waals surface area contributed by atoms with Crippen LogP contribution in [0.2, 0.25) is 0 Å². The van der Waals surface area contributed by atoms with Gasteiger partial charge in [0.05, 0.1) is 33.5 Å². The van der Waals surface area contributed by atoms with Crippen molar-refractivity contribution in [1.29, 1.82) is 0 Å². The second kappa shape index (κ2) is 13.3. The summed E-state index contributed by atoms with van der Waals surface area (Å²) in [6.45, 7) is 4.45. The van der Waals surface area contributed by atoms with Crippen LogP contribution in [0.5, 0.6) is 0 Å². The van der Waals surface area contributed by atoms with Crippen LogP contribution in [-0.2, 0) is 12.8 Å². The molecule has 0 amide bonds. The summed E-state index contributed by atoms with van der Waals surface area (Å²) < 4.78 is 2.41. The van der Waals surface area contributed by atoms with Crippen LogP contribution in [0.25, 0.3) is 61.0 Å². The average molecular weight is 671 g/mol. The predicted octanol–water partition coefficient (Wildman–Crippen LogP) is 12.7. The monoisotopic (exact) mass is 670 g/mol. The fourth-order valence-electron chi connectivity index (χ4n) is 7.38. The highest BCUT2D eigenvalue weighted by Crippen LogP contribution is 2.39. The van der Waals surface area contributed by atoms with Gasteiger partial charge in [-0.2, -0.15) is 0 Å². The molecule has 250 valence electrons. The van der Waals surface area contributed by atoms with Crippen LogP contribution in [0.3, 0.4) is 0 Å². The molecule has 2 aromatic heterocycles. The van der Waals surface area contributed by atoms with Crippen LogP contribution in [0.15, 0.2) is 170 Å². The van der Waals surface area contributed by atoms with E-state index >= 15 is 0 Å². The van der Waals surface area contributed by atoms with E-state index in [1.54, 1.807) is 0 Å². The first-order valence-corrected chi connectivity index (χ1v) is 18.1. The Balaban J connectivity index is 1.13. The van der Waals surface area contributed by atoms with Gasteiger partial charge in [0.2, 0.25) is 0 Å². The summed E-state index contributed by atoms with van der Waals surface area (Å²) in [6, 6.07) is 60.5. The number of aryl methyl sites for hydroxylation is 2. The Morgan fingerprint density at radius 2 is 0.885 bits per heavy atom. The molecule has 52 heavy (non-hydrogen) atoms. The van der Waals surface area contributed by atoms with Crippen molar-refractivity contribution in [1.82, 2.24) is 14.5 Å². The summed E-state index contributed by atoms with van der Waals surface area (Å²) in [5, 5.41) is 2.62. The highest BCUT2D eigenvalue weighted by atomic mass is 15.1. The topological polar surface area (TPSA) is 34.0 Å². The standard InChI is InChI=1S/C48H38N4/c1-3-33-19-29-45-41(31-33)42-32-34(4-2)20-30-46(42)52(45)40-27-25-39(26-28-40)51(37-15-9-6-10-16-37)38-23-21-36(22-24-38)48-47(35-13-7-5-8-14-35)49-43-17-11-12-18-44(43)50-48/h5-32H,3-4H2,1-2H3. The van der Waals surface area contributed by atoms with Gasteiger partial charge in [0.1, 0.15) is 0 Å². The summed E-state index contributed by atoms with van der Waals surface area (Å²) in [5.41, 5.74) is 15.1. The molecule has 0 saturated heterocycles. The normalized spacial score (nSPS) is 11.4. The minimum Gasteiger partial charge on any atom is -0.311 e. The molecule has 9 aromatic rings. The molecule has 0 atom stereocenters. The Hall–Kier alpha value is -6.52. The molecule has 0 saturated carbocycles. The number of benzene rings is 7. The van der Waals surface area contributed by atoms with Crippen LogP contribution < -0.4 is 4.90 Å². The van der Waals surface area contributed by atoms with E-state index in [0.717, 1.165) is 69.1 Å². The van der Waals surface area contributed by atoms with Crippen molar-refractivity contribution in [3.05, 3.63) is 181 Å². The van der Waals surface area contributed by atoms with Crippen LogP contribution in [-0.4, -0.2) is 14.5 Å². The van der Waals surface area contributed by atoms with E-state index in [-0.39, 0.29) is 0 Å². The summed E-state index contributed by atoms with van der Waals surface area (Å²) >= 11 is 0. The number of aromatic nitrogens is 3. The summed E-state index contributed by atoms with van der Waals surface area (Å²) in [6.07, 6.45) is 2.04. The molecule has 0 aliphatic carbocycles. The molecule has 0 N–H and O–H groups in total. The number of hydrogen-bond donors (Lipinski definition) is 0. The molecule has 7 aromatic carbocycles. The number of nitrogens with zero attached hydrogens (tertiary/aromatic N) is 4. The quantitative estimate of drug-likeness (QED) is 0.161. The van der Waals surface area contributed by atoms with Crippen molar-refractivity contribution >= 4 is 49.9 Å². The van der Waals surface area contributed by atoms with Gasteiger partial charge < -0.3 is 9.47 Å².